The Labute approximate surface area is 172 Å². The van der Waals surface area contributed by atoms with Gasteiger partial charge in [-0.1, -0.05) is 64.5 Å². The van der Waals surface area contributed by atoms with Gasteiger partial charge >= 0.3 is 0 Å². The summed E-state index contributed by atoms with van der Waals surface area (Å²) < 4.78 is 2.31. The summed E-state index contributed by atoms with van der Waals surface area (Å²) in [6.07, 6.45) is 3.38. The maximum Gasteiger partial charge on any atom is 0.271 e. The van der Waals surface area contributed by atoms with E-state index in [0.29, 0.717) is 18.8 Å². The highest BCUT2D eigenvalue weighted by Gasteiger charge is 2.20. The molecule has 0 atom stereocenters. The molecule has 1 heterocycles. The van der Waals surface area contributed by atoms with Crippen LogP contribution in [0.2, 0.25) is 0 Å². The summed E-state index contributed by atoms with van der Waals surface area (Å²) in [5, 5.41) is 0. The van der Waals surface area contributed by atoms with Crippen LogP contribution in [-0.4, -0.2) is 21.9 Å². The first-order chi connectivity index (χ1) is 13.6. The predicted octanol–water partition coefficient (Wildman–Crippen LogP) is 4.66. The Morgan fingerprint density at radius 2 is 1.79 bits per heavy atom. The molecule has 0 fully saturated rings. The van der Waals surface area contributed by atoms with Crippen LogP contribution in [0.3, 0.4) is 0 Å². The molecule has 3 aromatic rings. The van der Waals surface area contributed by atoms with Crippen LogP contribution in [0.1, 0.15) is 18.1 Å². The standard InChI is InChI=1S/C23H21BrN2O2/c1-2-25(17-18-9-4-3-5-10-18)23(28)21(26-14-7-6-13-22(26)27)16-19-11-8-12-20(24)15-19/h3-16H,2,17H2,1H3. The Morgan fingerprint density at radius 1 is 1.04 bits per heavy atom. The molecule has 1 aromatic heterocycles. The maximum atomic E-state index is 13.4. The van der Waals surface area contributed by atoms with Gasteiger partial charge in [0.1, 0.15) is 5.70 Å². The number of nitrogens with zero attached hydrogens (tertiary/aromatic N) is 2. The van der Waals surface area contributed by atoms with Crippen LogP contribution in [0.15, 0.2) is 88.3 Å². The lowest BCUT2D eigenvalue weighted by molar-refractivity contribution is -0.125. The van der Waals surface area contributed by atoms with Crippen LogP contribution in [0.25, 0.3) is 11.8 Å². The van der Waals surface area contributed by atoms with Crippen molar-refractivity contribution in [2.45, 2.75) is 13.5 Å². The van der Waals surface area contributed by atoms with Gasteiger partial charge in [-0.2, -0.15) is 0 Å². The second-order valence-corrected chi connectivity index (χ2v) is 7.21. The largest absolute Gasteiger partial charge is 0.333 e. The van der Waals surface area contributed by atoms with Crippen molar-refractivity contribution in [1.29, 1.82) is 0 Å². The molecule has 142 valence electrons. The van der Waals surface area contributed by atoms with Gasteiger partial charge in [-0.3, -0.25) is 14.2 Å². The normalized spacial score (nSPS) is 11.3. The molecule has 5 heteroatoms. The highest BCUT2D eigenvalue weighted by atomic mass is 79.9. The summed E-state index contributed by atoms with van der Waals surface area (Å²) in [5.74, 6) is -0.195. The Bertz CT molecular complexity index is 1040. The molecule has 0 aliphatic heterocycles. The van der Waals surface area contributed by atoms with E-state index >= 15 is 0 Å². The third-order valence-corrected chi connectivity index (χ3v) is 4.83. The predicted molar refractivity (Wildman–Crippen MR) is 117 cm³/mol. The van der Waals surface area contributed by atoms with Crippen molar-refractivity contribution in [3.05, 3.63) is 105 Å². The third kappa shape index (κ3) is 4.87. The average Bonchev–Trinajstić information content (AvgIpc) is 2.71. The van der Waals surface area contributed by atoms with Gasteiger partial charge in [-0.05, 0) is 42.3 Å². The number of benzene rings is 2. The molecule has 0 saturated carbocycles. The van der Waals surface area contributed by atoms with E-state index in [1.54, 1.807) is 29.3 Å². The van der Waals surface area contributed by atoms with E-state index in [2.05, 4.69) is 15.9 Å². The molecule has 0 radical (unpaired) electrons. The number of pyridine rings is 1. The van der Waals surface area contributed by atoms with Crippen LogP contribution in [0.5, 0.6) is 0 Å². The molecule has 0 bridgehead atoms. The van der Waals surface area contributed by atoms with E-state index in [0.717, 1.165) is 15.6 Å². The number of hydrogen-bond donors (Lipinski definition) is 0. The van der Waals surface area contributed by atoms with Crippen molar-refractivity contribution in [2.75, 3.05) is 6.54 Å². The van der Waals surface area contributed by atoms with Crippen molar-refractivity contribution < 1.29 is 4.79 Å². The van der Waals surface area contributed by atoms with Gasteiger partial charge in [0.25, 0.3) is 11.5 Å². The molecule has 0 spiro atoms. The Balaban J connectivity index is 2.04. The number of carbonyl (C=O) groups excluding carboxylic acids is 1. The zero-order chi connectivity index (χ0) is 19.9. The third-order valence-electron chi connectivity index (χ3n) is 4.34. The highest BCUT2D eigenvalue weighted by Crippen LogP contribution is 2.18. The molecule has 28 heavy (non-hydrogen) atoms. The molecular weight excluding hydrogens is 416 g/mol. The van der Waals surface area contributed by atoms with Gasteiger partial charge in [-0.15, -0.1) is 0 Å². The molecular formula is C23H21BrN2O2. The molecule has 0 N–H and O–H groups in total. The summed E-state index contributed by atoms with van der Waals surface area (Å²) >= 11 is 3.45. The summed E-state index contributed by atoms with van der Waals surface area (Å²) in [7, 11) is 0. The van der Waals surface area contributed by atoms with Crippen LogP contribution in [0, 0.1) is 0 Å². The van der Waals surface area contributed by atoms with Gasteiger partial charge in [0, 0.05) is 29.8 Å². The number of hydrogen-bond acceptors (Lipinski definition) is 2. The fraction of sp³-hybridized carbons (Fsp3) is 0.130. The SMILES string of the molecule is CCN(Cc1ccccc1)C(=O)C(=Cc1cccc(Br)c1)n1ccccc1=O. The number of carbonyl (C=O) groups is 1. The van der Waals surface area contributed by atoms with Crippen LogP contribution in [0.4, 0.5) is 0 Å². The van der Waals surface area contributed by atoms with E-state index in [1.165, 1.54) is 10.6 Å². The molecule has 0 aliphatic rings. The van der Waals surface area contributed by atoms with Crippen molar-refractivity contribution in [3.63, 3.8) is 0 Å². The summed E-state index contributed by atoms with van der Waals surface area (Å²) in [6, 6.07) is 22.3. The highest BCUT2D eigenvalue weighted by molar-refractivity contribution is 9.10. The number of amides is 1. The first-order valence-corrected chi connectivity index (χ1v) is 9.86. The van der Waals surface area contributed by atoms with Crippen molar-refractivity contribution in [2.24, 2.45) is 0 Å². The second-order valence-electron chi connectivity index (χ2n) is 6.30. The molecule has 0 aliphatic carbocycles. The zero-order valence-corrected chi connectivity index (χ0v) is 17.2. The molecule has 1 amide bonds. The molecule has 4 nitrogen and oxygen atoms in total. The summed E-state index contributed by atoms with van der Waals surface area (Å²) in [4.78, 5) is 27.6. The van der Waals surface area contributed by atoms with E-state index < -0.39 is 0 Å². The minimum Gasteiger partial charge on any atom is -0.333 e. The van der Waals surface area contributed by atoms with Gasteiger partial charge in [0.2, 0.25) is 0 Å². The van der Waals surface area contributed by atoms with Crippen LogP contribution in [-0.2, 0) is 11.3 Å². The lowest BCUT2D eigenvalue weighted by atomic mass is 10.1. The van der Waals surface area contributed by atoms with E-state index in [4.69, 9.17) is 0 Å². The molecule has 2 aromatic carbocycles. The van der Waals surface area contributed by atoms with E-state index in [-0.39, 0.29) is 11.5 Å². The molecule has 3 rings (SSSR count). The molecule has 0 unspecified atom stereocenters. The minimum absolute atomic E-state index is 0.195. The number of rotatable bonds is 6. The lowest BCUT2D eigenvalue weighted by Crippen LogP contribution is -2.34. The number of aromatic nitrogens is 1. The first-order valence-electron chi connectivity index (χ1n) is 9.07. The smallest absolute Gasteiger partial charge is 0.271 e. The van der Waals surface area contributed by atoms with Crippen LogP contribution >= 0.6 is 15.9 Å². The van der Waals surface area contributed by atoms with Gasteiger partial charge in [0.15, 0.2) is 0 Å². The van der Waals surface area contributed by atoms with Gasteiger partial charge < -0.3 is 4.90 Å². The lowest BCUT2D eigenvalue weighted by Gasteiger charge is -2.23. The first kappa shape index (κ1) is 19.8. The minimum atomic E-state index is -0.243. The maximum absolute atomic E-state index is 13.4. The fourth-order valence-corrected chi connectivity index (χ4v) is 3.32. The quantitative estimate of drug-likeness (QED) is 0.527. The Hall–Kier alpha value is -2.92. The van der Waals surface area contributed by atoms with E-state index in [1.807, 2.05) is 61.5 Å². The van der Waals surface area contributed by atoms with Crippen molar-refractivity contribution >= 4 is 33.6 Å². The summed E-state index contributed by atoms with van der Waals surface area (Å²) in [5.41, 5.74) is 1.96. The van der Waals surface area contributed by atoms with E-state index in [9.17, 15) is 9.59 Å². The van der Waals surface area contributed by atoms with Gasteiger partial charge in [-0.25, -0.2) is 0 Å². The average molecular weight is 437 g/mol. The Morgan fingerprint density at radius 3 is 2.46 bits per heavy atom. The summed E-state index contributed by atoms with van der Waals surface area (Å²) in [6.45, 7) is 2.95. The number of likely N-dealkylation sites (N-methyl/N-ethyl adjacent to an activating group) is 1. The van der Waals surface area contributed by atoms with Crippen LogP contribution < -0.4 is 5.56 Å². The second kappa shape index (κ2) is 9.33. The zero-order valence-electron chi connectivity index (χ0n) is 15.6. The van der Waals surface area contributed by atoms with Crippen molar-refractivity contribution in [1.82, 2.24) is 9.47 Å². The van der Waals surface area contributed by atoms with Gasteiger partial charge in [0.05, 0.1) is 0 Å². The fourth-order valence-electron chi connectivity index (χ4n) is 2.91. The Kier molecular flexibility index (Phi) is 6.61. The monoisotopic (exact) mass is 436 g/mol. The topological polar surface area (TPSA) is 42.3 Å². The van der Waals surface area contributed by atoms with Crippen molar-refractivity contribution in [3.8, 4) is 0 Å². The molecule has 0 saturated heterocycles. The number of halogens is 1.